The molecular formula is C22H35IN6. The van der Waals surface area contributed by atoms with Crippen LogP contribution in [0.15, 0.2) is 54.0 Å². The lowest BCUT2D eigenvalue weighted by atomic mass is 9.97. The first-order valence-corrected chi connectivity index (χ1v) is 10.5. The Morgan fingerprint density at radius 3 is 2.79 bits per heavy atom. The number of imidazole rings is 1. The van der Waals surface area contributed by atoms with Crippen molar-refractivity contribution >= 4 is 29.9 Å². The molecule has 2 N–H and O–H groups in total. The number of halogens is 1. The second-order valence-electron chi connectivity index (χ2n) is 7.59. The summed E-state index contributed by atoms with van der Waals surface area (Å²) in [5.74, 6) is 0.946. The van der Waals surface area contributed by atoms with Crippen molar-refractivity contribution < 1.29 is 0 Å². The van der Waals surface area contributed by atoms with Gasteiger partial charge in [0.1, 0.15) is 0 Å². The number of aliphatic imine (C=N–C) groups is 1. The lowest BCUT2D eigenvalue weighted by Gasteiger charge is -2.38. The van der Waals surface area contributed by atoms with Crippen molar-refractivity contribution in [3.63, 3.8) is 0 Å². The Morgan fingerprint density at radius 2 is 2.10 bits per heavy atom. The van der Waals surface area contributed by atoms with Crippen molar-refractivity contribution in [3.8, 4) is 0 Å². The van der Waals surface area contributed by atoms with Crippen LogP contribution in [0.4, 0.5) is 0 Å². The van der Waals surface area contributed by atoms with Crippen LogP contribution in [0.1, 0.15) is 38.7 Å². The Hall–Kier alpha value is -1.61. The lowest BCUT2D eigenvalue weighted by Crippen LogP contribution is -2.51. The summed E-state index contributed by atoms with van der Waals surface area (Å²) in [6.07, 6.45) is 8.98. The number of likely N-dealkylation sites (tertiary alicyclic amines) is 1. The third kappa shape index (κ3) is 7.97. The maximum absolute atomic E-state index is 4.77. The molecule has 2 unspecified atom stereocenters. The number of piperidine rings is 1. The fourth-order valence-electron chi connectivity index (χ4n) is 3.78. The standard InChI is InChI=1S/C22H34N6.HI/c1-3-24-22(25-11-7-13-27-15-12-23-18-27)26-21-10-14-28(19(2)16-21)17-20-8-5-4-6-9-20;/h4-6,8-9,12,15,18-19,21H,3,7,10-11,13-14,16-17H2,1-2H3,(H2,24,25,26);1H. The average molecular weight is 510 g/mol. The van der Waals surface area contributed by atoms with Crippen molar-refractivity contribution in [2.75, 3.05) is 19.6 Å². The van der Waals surface area contributed by atoms with Crippen molar-refractivity contribution in [2.24, 2.45) is 4.99 Å². The molecule has 1 fully saturated rings. The highest BCUT2D eigenvalue weighted by Gasteiger charge is 2.25. The maximum atomic E-state index is 4.77. The van der Waals surface area contributed by atoms with Crippen LogP contribution >= 0.6 is 24.0 Å². The molecule has 2 atom stereocenters. The highest BCUT2D eigenvalue weighted by molar-refractivity contribution is 14.0. The average Bonchev–Trinajstić information content (AvgIpc) is 3.22. The van der Waals surface area contributed by atoms with Gasteiger partial charge in [-0.25, -0.2) is 4.98 Å². The SMILES string of the molecule is CCNC(=NCCCn1ccnc1)NC1CCN(Cc2ccccc2)C(C)C1.I. The van der Waals surface area contributed by atoms with Gasteiger partial charge in [-0.05, 0) is 38.7 Å². The van der Waals surface area contributed by atoms with Gasteiger partial charge in [0.2, 0.25) is 0 Å². The number of nitrogens with one attached hydrogen (secondary N) is 2. The van der Waals surface area contributed by atoms with Crippen molar-refractivity contribution in [2.45, 2.75) is 58.3 Å². The molecule has 0 aliphatic carbocycles. The Labute approximate surface area is 192 Å². The van der Waals surface area contributed by atoms with Crippen LogP contribution < -0.4 is 10.6 Å². The zero-order valence-electron chi connectivity index (χ0n) is 17.6. The smallest absolute Gasteiger partial charge is 0.191 e. The fraction of sp³-hybridized carbons (Fsp3) is 0.545. The highest BCUT2D eigenvalue weighted by Crippen LogP contribution is 2.19. The van der Waals surface area contributed by atoms with E-state index in [0.29, 0.717) is 12.1 Å². The molecule has 2 aromatic rings. The van der Waals surface area contributed by atoms with Crippen molar-refractivity contribution in [3.05, 3.63) is 54.6 Å². The summed E-state index contributed by atoms with van der Waals surface area (Å²) in [6.45, 7) is 9.27. The van der Waals surface area contributed by atoms with E-state index in [2.05, 4.69) is 69.3 Å². The van der Waals surface area contributed by atoms with E-state index < -0.39 is 0 Å². The first-order chi connectivity index (χ1) is 13.7. The molecule has 1 saturated heterocycles. The first-order valence-electron chi connectivity index (χ1n) is 10.5. The number of hydrogen-bond donors (Lipinski definition) is 2. The number of rotatable bonds is 8. The molecule has 7 heteroatoms. The van der Waals surface area contributed by atoms with Crippen LogP contribution in [-0.4, -0.2) is 52.1 Å². The second kappa shape index (κ2) is 12.8. The topological polar surface area (TPSA) is 57.5 Å². The molecule has 29 heavy (non-hydrogen) atoms. The summed E-state index contributed by atoms with van der Waals surface area (Å²) in [4.78, 5) is 11.4. The zero-order chi connectivity index (χ0) is 19.6. The molecule has 1 aromatic carbocycles. The van der Waals surface area contributed by atoms with Crippen molar-refractivity contribution in [1.82, 2.24) is 25.1 Å². The molecule has 0 radical (unpaired) electrons. The zero-order valence-corrected chi connectivity index (χ0v) is 20.0. The van der Waals surface area contributed by atoms with Gasteiger partial charge in [0.25, 0.3) is 0 Å². The highest BCUT2D eigenvalue weighted by atomic mass is 127. The molecule has 0 amide bonds. The van der Waals surface area contributed by atoms with Gasteiger partial charge in [-0.15, -0.1) is 24.0 Å². The summed E-state index contributed by atoms with van der Waals surface area (Å²) < 4.78 is 2.10. The van der Waals surface area contributed by atoms with E-state index in [9.17, 15) is 0 Å². The summed E-state index contributed by atoms with van der Waals surface area (Å²) >= 11 is 0. The largest absolute Gasteiger partial charge is 0.357 e. The van der Waals surface area contributed by atoms with E-state index in [1.54, 1.807) is 0 Å². The van der Waals surface area contributed by atoms with Crippen LogP contribution in [-0.2, 0) is 13.1 Å². The molecule has 0 bridgehead atoms. The minimum absolute atomic E-state index is 0. The first kappa shape index (κ1) is 23.7. The van der Waals surface area contributed by atoms with Crippen molar-refractivity contribution in [1.29, 1.82) is 0 Å². The van der Waals surface area contributed by atoms with Crippen LogP contribution in [0.25, 0.3) is 0 Å². The minimum atomic E-state index is 0. The number of hydrogen-bond acceptors (Lipinski definition) is 3. The summed E-state index contributed by atoms with van der Waals surface area (Å²) in [5.41, 5.74) is 1.40. The Morgan fingerprint density at radius 1 is 1.28 bits per heavy atom. The normalized spacial score (nSPS) is 20.1. The predicted molar refractivity (Wildman–Crippen MR) is 131 cm³/mol. The van der Waals surface area contributed by atoms with Gasteiger partial charge in [0.15, 0.2) is 5.96 Å². The van der Waals surface area contributed by atoms with Gasteiger partial charge >= 0.3 is 0 Å². The lowest BCUT2D eigenvalue weighted by molar-refractivity contribution is 0.134. The molecule has 2 heterocycles. The molecule has 0 spiro atoms. The van der Waals surface area contributed by atoms with E-state index in [0.717, 1.165) is 57.9 Å². The fourth-order valence-corrected chi connectivity index (χ4v) is 3.78. The molecule has 6 nitrogen and oxygen atoms in total. The molecule has 0 saturated carbocycles. The summed E-state index contributed by atoms with van der Waals surface area (Å²) in [6, 6.07) is 11.8. The van der Waals surface area contributed by atoms with Gasteiger partial charge < -0.3 is 15.2 Å². The van der Waals surface area contributed by atoms with Gasteiger partial charge in [-0.3, -0.25) is 9.89 Å². The molecule has 3 rings (SSSR count). The van der Waals surface area contributed by atoms with Gasteiger partial charge in [-0.1, -0.05) is 30.3 Å². The summed E-state index contributed by atoms with van der Waals surface area (Å²) in [5, 5.41) is 7.05. The predicted octanol–water partition coefficient (Wildman–Crippen LogP) is 3.50. The van der Waals surface area contributed by atoms with E-state index >= 15 is 0 Å². The third-order valence-corrected chi connectivity index (χ3v) is 5.33. The molecule has 1 aromatic heterocycles. The van der Waals surface area contributed by atoms with E-state index in [1.807, 2.05) is 18.7 Å². The molecular weight excluding hydrogens is 475 g/mol. The molecule has 1 aliphatic rings. The minimum Gasteiger partial charge on any atom is -0.357 e. The molecule has 160 valence electrons. The number of aromatic nitrogens is 2. The van der Waals surface area contributed by atoms with E-state index in [-0.39, 0.29) is 24.0 Å². The van der Waals surface area contributed by atoms with Gasteiger partial charge in [0.05, 0.1) is 6.33 Å². The monoisotopic (exact) mass is 510 g/mol. The van der Waals surface area contributed by atoms with Gasteiger partial charge in [0, 0.05) is 57.2 Å². The third-order valence-electron chi connectivity index (χ3n) is 5.33. The quantitative estimate of drug-likeness (QED) is 0.247. The number of guanidine groups is 1. The van der Waals surface area contributed by atoms with Crippen LogP contribution in [0, 0.1) is 0 Å². The summed E-state index contributed by atoms with van der Waals surface area (Å²) in [7, 11) is 0. The number of aryl methyl sites for hydroxylation is 1. The van der Waals surface area contributed by atoms with Crippen LogP contribution in [0.3, 0.4) is 0 Å². The van der Waals surface area contributed by atoms with Crippen LogP contribution in [0.2, 0.25) is 0 Å². The Kier molecular flexibility index (Phi) is 10.5. The number of nitrogens with zero attached hydrogens (tertiary/aromatic N) is 4. The maximum Gasteiger partial charge on any atom is 0.191 e. The second-order valence-corrected chi connectivity index (χ2v) is 7.59. The number of benzene rings is 1. The van der Waals surface area contributed by atoms with E-state index in [4.69, 9.17) is 4.99 Å². The Balaban J connectivity index is 0.00000300. The Bertz CT molecular complexity index is 703. The van der Waals surface area contributed by atoms with Gasteiger partial charge in [-0.2, -0.15) is 0 Å². The van der Waals surface area contributed by atoms with E-state index in [1.165, 1.54) is 5.56 Å². The van der Waals surface area contributed by atoms with Crippen LogP contribution in [0.5, 0.6) is 0 Å². The molecule has 1 aliphatic heterocycles.